The van der Waals surface area contributed by atoms with Gasteiger partial charge in [0.25, 0.3) is 5.56 Å². The normalized spacial score (nSPS) is 10.7. The van der Waals surface area contributed by atoms with Gasteiger partial charge in [-0.25, -0.2) is 9.78 Å². The largest absolute Gasteiger partial charge is 0.493 e. The molecule has 0 aliphatic carbocycles. The van der Waals surface area contributed by atoms with Crippen molar-refractivity contribution in [3.05, 3.63) is 52.0 Å². The molecule has 2 heterocycles. The van der Waals surface area contributed by atoms with Crippen molar-refractivity contribution in [1.82, 2.24) is 9.97 Å². The molecule has 0 bridgehead atoms. The lowest BCUT2D eigenvalue weighted by atomic mass is 10.2. The van der Waals surface area contributed by atoms with E-state index in [1.165, 1.54) is 27.4 Å². The van der Waals surface area contributed by atoms with E-state index >= 15 is 0 Å². The van der Waals surface area contributed by atoms with E-state index in [0.717, 1.165) is 0 Å². The van der Waals surface area contributed by atoms with Crippen molar-refractivity contribution in [2.24, 2.45) is 0 Å². The summed E-state index contributed by atoms with van der Waals surface area (Å²) in [5.74, 6) is 1.32. The van der Waals surface area contributed by atoms with Crippen LogP contribution in [0.25, 0.3) is 10.9 Å². The second-order valence-corrected chi connectivity index (χ2v) is 5.17. The molecule has 0 saturated carbocycles. The number of rotatable bonds is 5. The van der Waals surface area contributed by atoms with Gasteiger partial charge >= 0.3 is 5.97 Å². The van der Waals surface area contributed by atoms with Crippen molar-refractivity contribution in [1.29, 1.82) is 0 Å². The number of aromatic amines is 1. The number of esters is 1. The minimum Gasteiger partial charge on any atom is -0.493 e. The second kappa shape index (κ2) is 6.68. The van der Waals surface area contributed by atoms with Gasteiger partial charge in [-0.15, -0.1) is 0 Å². The third-order valence-corrected chi connectivity index (χ3v) is 3.65. The highest BCUT2D eigenvalue weighted by molar-refractivity contribution is 5.86. The lowest BCUT2D eigenvalue weighted by Gasteiger charge is -2.09. The zero-order valence-corrected chi connectivity index (χ0v) is 13.9. The van der Waals surface area contributed by atoms with E-state index in [0.29, 0.717) is 34.0 Å². The molecule has 130 valence electrons. The van der Waals surface area contributed by atoms with Gasteiger partial charge in [-0.2, -0.15) is 0 Å². The topological polar surface area (TPSA) is 104 Å². The molecule has 2 aromatic heterocycles. The summed E-state index contributed by atoms with van der Waals surface area (Å²) in [5, 5.41) is 0.385. The highest BCUT2D eigenvalue weighted by atomic mass is 16.5. The number of fused-ring (bicyclic) bond motifs is 1. The predicted octanol–water partition coefficient (Wildman–Crippen LogP) is 1.91. The predicted molar refractivity (Wildman–Crippen MR) is 88.3 cm³/mol. The van der Waals surface area contributed by atoms with Gasteiger partial charge in [-0.1, -0.05) is 0 Å². The fraction of sp³-hybridized carbons (Fsp3) is 0.235. The number of nitrogens with one attached hydrogen (secondary N) is 1. The molecule has 0 atom stereocenters. The number of hydrogen-bond acceptors (Lipinski definition) is 7. The highest BCUT2D eigenvalue weighted by Crippen LogP contribution is 2.30. The molecule has 8 nitrogen and oxygen atoms in total. The minimum atomic E-state index is -0.567. The average Bonchev–Trinajstić information content (AvgIpc) is 3.08. The monoisotopic (exact) mass is 344 g/mol. The molecule has 0 radical (unpaired) electrons. The number of H-pyrrole nitrogens is 1. The maximum absolute atomic E-state index is 12.3. The number of carbonyl (C=O) groups is 1. The number of nitrogens with zero attached hydrogens (tertiary/aromatic N) is 1. The standard InChI is InChI=1S/C17H16N2O6/c1-22-13-7-10-11(8-14(13)23-2)18-15(19-16(10)20)6-9-4-5-12(25-9)17(21)24-3/h4-5,7-8H,6H2,1-3H3,(H,18,19,20). The first-order chi connectivity index (χ1) is 12.0. The summed E-state index contributed by atoms with van der Waals surface area (Å²) < 4.78 is 20.4. The van der Waals surface area contributed by atoms with Crippen molar-refractivity contribution in [2.75, 3.05) is 21.3 Å². The van der Waals surface area contributed by atoms with Gasteiger partial charge in [0.1, 0.15) is 11.6 Å². The van der Waals surface area contributed by atoms with E-state index < -0.39 is 5.97 Å². The van der Waals surface area contributed by atoms with Crippen LogP contribution in [0, 0.1) is 0 Å². The second-order valence-electron chi connectivity index (χ2n) is 5.17. The Hall–Kier alpha value is -3.29. The average molecular weight is 344 g/mol. The maximum Gasteiger partial charge on any atom is 0.373 e. The Balaban J connectivity index is 1.99. The number of ether oxygens (including phenoxy) is 3. The SMILES string of the molecule is COC(=O)c1ccc(Cc2nc3cc(OC)c(OC)cc3c(=O)[nH]2)o1. The fourth-order valence-electron chi connectivity index (χ4n) is 2.45. The van der Waals surface area contributed by atoms with Crippen LogP contribution in [0.4, 0.5) is 0 Å². The van der Waals surface area contributed by atoms with Gasteiger partial charge in [0, 0.05) is 6.07 Å². The molecule has 3 aromatic rings. The smallest absolute Gasteiger partial charge is 0.373 e. The Morgan fingerprint density at radius 1 is 1.16 bits per heavy atom. The summed E-state index contributed by atoms with van der Waals surface area (Å²) in [7, 11) is 4.28. The van der Waals surface area contributed by atoms with Crippen LogP contribution in [0.1, 0.15) is 22.1 Å². The van der Waals surface area contributed by atoms with Crippen LogP contribution in [-0.4, -0.2) is 37.3 Å². The Morgan fingerprint density at radius 3 is 2.56 bits per heavy atom. The van der Waals surface area contributed by atoms with Crippen LogP contribution >= 0.6 is 0 Å². The zero-order chi connectivity index (χ0) is 18.0. The van der Waals surface area contributed by atoms with Gasteiger partial charge < -0.3 is 23.6 Å². The van der Waals surface area contributed by atoms with Gasteiger partial charge in [0.15, 0.2) is 11.5 Å². The molecule has 1 aromatic carbocycles. The highest BCUT2D eigenvalue weighted by Gasteiger charge is 2.14. The fourth-order valence-corrected chi connectivity index (χ4v) is 2.45. The first-order valence-corrected chi connectivity index (χ1v) is 7.37. The Labute approximate surface area is 142 Å². The summed E-state index contributed by atoms with van der Waals surface area (Å²) in [6.45, 7) is 0. The molecule has 0 aliphatic rings. The number of benzene rings is 1. The Bertz CT molecular complexity index is 988. The van der Waals surface area contributed by atoms with E-state index in [2.05, 4.69) is 14.7 Å². The molecule has 0 saturated heterocycles. The summed E-state index contributed by atoms with van der Waals surface area (Å²) >= 11 is 0. The first-order valence-electron chi connectivity index (χ1n) is 7.37. The molecule has 0 fully saturated rings. The molecule has 8 heteroatoms. The third-order valence-electron chi connectivity index (χ3n) is 3.65. The first kappa shape index (κ1) is 16.6. The summed E-state index contributed by atoms with van der Waals surface area (Å²) in [4.78, 5) is 30.9. The quantitative estimate of drug-likeness (QED) is 0.705. The van der Waals surface area contributed by atoms with E-state index in [1.807, 2.05) is 0 Å². The van der Waals surface area contributed by atoms with Crippen molar-refractivity contribution >= 4 is 16.9 Å². The van der Waals surface area contributed by atoms with E-state index in [1.54, 1.807) is 18.2 Å². The summed E-state index contributed by atoms with van der Waals surface area (Å²) in [6.07, 6.45) is 0.219. The van der Waals surface area contributed by atoms with Crippen molar-refractivity contribution in [3.63, 3.8) is 0 Å². The minimum absolute atomic E-state index is 0.0899. The van der Waals surface area contributed by atoms with Crippen molar-refractivity contribution in [3.8, 4) is 11.5 Å². The molecule has 0 spiro atoms. The van der Waals surface area contributed by atoms with Crippen LogP contribution in [0.2, 0.25) is 0 Å². The number of carbonyl (C=O) groups excluding carboxylic acids is 1. The van der Waals surface area contributed by atoms with Crippen LogP contribution in [-0.2, 0) is 11.2 Å². The van der Waals surface area contributed by atoms with Crippen LogP contribution in [0.3, 0.4) is 0 Å². The van der Waals surface area contributed by atoms with Gasteiger partial charge in [-0.05, 0) is 18.2 Å². The van der Waals surface area contributed by atoms with E-state index in [4.69, 9.17) is 13.9 Å². The van der Waals surface area contributed by atoms with Crippen LogP contribution in [0.15, 0.2) is 33.5 Å². The molecular weight excluding hydrogens is 328 g/mol. The number of furan rings is 1. The molecule has 25 heavy (non-hydrogen) atoms. The molecule has 3 rings (SSSR count). The van der Waals surface area contributed by atoms with Gasteiger partial charge in [0.05, 0.1) is 38.7 Å². The molecule has 1 N–H and O–H groups in total. The Kier molecular flexibility index (Phi) is 4.42. The molecule has 0 amide bonds. The van der Waals surface area contributed by atoms with Gasteiger partial charge in [0.2, 0.25) is 5.76 Å². The third kappa shape index (κ3) is 3.18. The maximum atomic E-state index is 12.3. The number of aromatic nitrogens is 2. The lowest BCUT2D eigenvalue weighted by molar-refractivity contribution is 0.0563. The van der Waals surface area contributed by atoms with Crippen molar-refractivity contribution < 1.29 is 23.4 Å². The molecule has 0 aliphatic heterocycles. The van der Waals surface area contributed by atoms with Crippen molar-refractivity contribution in [2.45, 2.75) is 6.42 Å². The Morgan fingerprint density at radius 2 is 1.88 bits per heavy atom. The molecular formula is C17H16N2O6. The zero-order valence-electron chi connectivity index (χ0n) is 13.9. The number of hydrogen-bond donors (Lipinski definition) is 1. The summed E-state index contributed by atoms with van der Waals surface area (Å²) in [6, 6.07) is 6.35. The molecule has 0 unspecified atom stereocenters. The lowest BCUT2D eigenvalue weighted by Crippen LogP contribution is -2.12. The summed E-state index contributed by atoms with van der Waals surface area (Å²) in [5.41, 5.74) is 0.164. The van der Waals surface area contributed by atoms with E-state index in [9.17, 15) is 9.59 Å². The number of methoxy groups -OCH3 is 3. The van der Waals surface area contributed by atoms with E-state index in [-0.39, 0.29) is 17.7 Å². The van der Waals surface area contributed by atoms with Gasteiger partial charge in [-0.3, -0.25) is 4.79 Å². The van der Waals surface area contributed by atoms with Crippen LogP contribution < -0.4 is 15.0 Å². The van der Waals surface area contributed by atoms with Crippen LogP contribution in [0.5, 0.6) is 11.5 Å².